The summed E-state index contributed by atoms with van der Waals surface area (Å²) in [5.74, 6) is 1.49. The van der Waals surface area contributed by atoms with E-state index in [1.807, 2.05) is 48.1 Å². The molecule has 134 valence electrons. The summed E-state index contributed by atoms with van der Waals surface area (Å²) < 4.78 is 13.5. The van der Waals surface area contributed by atoms with Gasteiger partial charge in [-0.15, -0.1) is 0 Å². The number of rotatable bonds is 7. The van der Waals surface area contributed by atoms with Crippen LogP contribution in [0.4, 0.5) is 4.79 Å². The maximum atomic E-state index is 12.4. The number of aryl methyl sites for hydroxylation is 1. The van der Waals surface area contributed by atoms with Crippen molar-refractivity contribution in [3.8, 4) is 11.5 Å². The van der Waals surface area contributed by atoms with Gasteiger partial charge in [-0.05, 0) is 31.5 Å². The van der Waals surface area contributed by atoms with Crippen molar-refractivity contribution in [3.63, 3.8) is 0 Å². The molecule has 1 aromatic heterocycles. The van der Waals surface area contributed by atoms with Crippen molar-refractivity contribution >= 4 is 6.03 Å². The molecule has 0 spiro atoms. The molecule has 3 rings (SSSR count). The van der Waals surface area contributed by atoms with E-state index in [2.05, 4.69) is 10.4 Å². The third kappa shape index (κ3) is 4.65. The Kier molecular flexibility index (Phi) is 5.77. The molecular formula is C18H24N4O3. The highest BCUT2D eigenvalue weighted by Gasteiger charge is 2.24. The van der Waals surface area contributed by atoms with E-state index in [-0.39, 0.29) is 12.1 Å². The van der Waals surface area contributed by atoms with E-state index in [9.17, 15) is 4.79 Å². The average Bonchev–Trinajstić information content (AvgIpc) is 3.16. The zero-order valence-corrected chi connectivity index (χ0v) is 14.4. The Morgan fingerprint density at radius 1 is 1.36 bits per heavy atom. The van der Waals surface area contributed by atoms with Gasteiger partial charge in [-0.2, -0.15) is 5.10 Å². The summed E-state index contributed by atoms with van der Waals surface area (Å²) >= 11 is 0. The predicted molar refractivity (Wildman–Crippen MR) is 93.8 cm³/mol. The van der Waals surface area contributed by atoms with Gasteiger partial charge in [0.2, 0.25) is 0 Å². The smallest absolute Gasteiger partial charge is 0.317 e. The Hall–Kier alpha value is -2.70. The molecule has 25 heavy (non-hydrogen) atoms. The first-order chi connectivity index (χ1) is 12.3. The Morgan fingerprint density at radius 2 is 2.20 bits per heavy atom. The van der Waals surface area contributed by atoms with Crippen molar-refractivity contribution in [2.24, 2.45) is 0 Å². The van der Waals surface area contributed by atoms with Crippen LogP contribution in [0.2, 0.25) is 0 Å². The number of ether oxygens (including phenoxy) is 2. The van der Waals surface area contributed by atoms with Crippen LogP contribution in [0.15, 0.2) is 42.7 Å². The lowest BCUT2D eigenvalue weighted by Gasteiger charge is -2.31. The van der Waals surface area contributed by atoms with Crippen molar-refractivity contribution in [1.29, 1.82) is 0 Å². The van der Waals surface area contributed by atoms with Gasteiger partial charge in [0.1, 0.15) is 6.61 Å². The van der Waals surface area contributed by atoms with Crippen LogP contribution in [0.5, 0.6) is 11.5 Å². The van der Waals surface area contributed by atoms with Gasteiger partial charge in [0.05, 0.1) is 6.54 Å². The van der Waals surface area contributed by atoms with Gasteiger partial charge >= 0.3 is 6.03 Å². The first-order valence-corrected chi connectivity index (χ1v) is 8.65. The highest BCUT2D eigenvalue weighted by atomic mass is 16.6. The summed E-state index contributed by atoms with van der Waals surface area (Å²) in [6.07, 6.45) is 4.34. The Balaban J connectivity index is 1.43. The number of hydrogen-bond donors (Lipinski definition) is 1. The zero-order chi connectivity index (χ0) is 17.5. The maximum Gasteiger partial charge on any atom is 0.317 e. The molecule has 0 unspecified atom stereocenters. The number of hydrogen-bond acceptors (Lipinski definition) is 4. The summed E-state index contributed by atoms with van der Waals surface area (Å²) in [6.45, 7) is 4.92. The van der Waals surface area contributed by atoms with E-state index in [1.165, 1.54) is 0 Å². The number of aromatic nitrogens is 2. The lowest BCUT2D eigenvalue weighted by molar-refractivity contribution is 0.0675. The molecule has 0 saturated heterocycles. The third-order valence-electron chi connectivity index (χ3n) is 4.06. The summed E-state index contributed by atoms with van der Waals surface area (Å²) in [5, 5.41) is 7.10. The SMILES string of the molecule is CCN(C[C@H]1COc2ccccc2O1)C(=O)NCCCn1cccn1. The second-order valence-corrected chi connectivity index (χ2v) is 5.89. The molecule has 2 amide bonds. The van der Waals surface area contributed by atoms with Crippen LogP contribution in [0.1, 0.15) is 13.3 Å². The number of urea groups is 1. The van der Waals surface area contributed by atoms with Crippen molar-refractivity contribution in [2.75, 3.05) is 26.2 Å². The van der Waals surface area contributed by atoms with E-state index >= 15 is 0 Å². The van der Waals surface area contributed by atoms with Crippen molar-refractivity contribution in [2.45, 2.75) is 26.0 Å². The van der Waals surface area contributed by atoms with Gasteiger partial charge in [0, 0.05) is 32.0 Å². The minimum atomic E-state index is -0.162. The van der Waals surface area contributed by atoms with Gasteiger partial charge in [-0.25, -0.2) is 4.79 Å². The molecule has 7 nitrogen and oxygen atoms in total. The summed E-state index contributed by atoms with van der Waals surface area (Å²) in [6, 6.07) is 9.40. The predicted octanol–water partition coefficient (Wildman–Crippen LogP) is 2.14. The molecule has 1 aliphatic heterocycles. The van der Waals surface area contributed by atoms with E-state index < -0.39 is 0 Å². The normalized spacial score (nSPS) is 15.6. The van der Waals surface area contributed by atoms with Crippen molar-refractivity contribution in [3.05, 3.63) is 42.7 Å². The highest BCUT2D eigenvalue weighted by Crippen LogP contribution is 2.30. The second-order valence-electron chi connectivity index (χ2n) is 5.89. The molecular weight excluding hydrogens is 320 g/mol. The lowest BCUT2D eigenvalue weighted by atomic mass is 10.2. The number of benzene rings is 1. The van der Waals surface area contributed by atoms with Gasteiger partial charge in [0.25, 0.3) is 0 Å². The number of likely N-dealkylation sites (N-methyl/N-ethyl adjacent to an activating group) is 1. The molecule has 1 N–H and O–H groups in total. The molecule has 0 aliphatic carbocycles. The maximum absolute atomic E-state index is 12.4. The molecule has 2 aromatic rings. The van der Waals surface area contributed by atoms with E-state index in [1.54, 1.807) is 11.1 Å². The fraction of sp³-hybridized carbons (Fsp3) is 0.444. The number of nitrogens with zero attached hydrogens (tertiary/aromatic N) is 3. The Labute approximate surface area is 147 Å². The molecule has 0 bridgehead atoms. The zero-order valence-electron chi connectivity index (χ0n) is 14.4. The quantitative estimate of drug-likeness (QED) is 0.782. The van der Waals surface area contributed by atoms with E-state index in [4.69, 9.17) is 9.47 Å². The highest BCUT2D eigenvalue weighted by molar-refractivity contribution is 5.74. The fourth-order valence-electron chi connectivity index (χ4n) is 2.74. The number of para-hydroxylation sites is 2. The Morgan fingerprint density at radius 3 is 2.96 bits per heavy atom. The molecule has 1 atom stereocenters. The fourth-order valence-corrected chi connectivity index (χ4v) is 2.74. The monoisotopic (exact) mass is 344 g/mol. The standard InChI is InChI=1S/C18H24N4O3/c1-2-21(18(23)19-9-5-11-22-12-6-10-20-22)13-15-14-24-16-7-3-4-8-17(16)25-15/h3-4,6-8,10,12,15H,2,5,9,11,13-14H2,1H3,(H,19,23)/t15-/m0/s1. The van der Waals surface area contributed by atoms with Crippen LogP contribution in [0, 0.1) is 0 Å². The van der Waals surface area contributed by atoms with Crippen molar-refractivity contribution in [1.82, 2.24) is 20.0 Å². The number of amides is 2. The number of carbonyl (C=O) groups is 1. The van der Waals surface area contributed by atoms with Crippen LogP contribution in [0.3, 0.4) is 0 Å². The van der Waals surface area contributed by atoms with Gasteiger partial charge < -0.3 is 19.7 Å². The minimum absolute atomic E-state index is 0.0783. The van der Waals surface area contributed by atoms with E-state index in [0.29, 0.717) is 26.2 Å². The van der Waals surface area contributed by atoms with Crippen LogP contribution < -0.4 is 14.8 Å². The molecule has 0 saturated carbocycles. The summed E-state index contributed by atoms with van der Waals surface area (Å²) in [4.78, 5) is 14.1. The summed E-state index contributed by atoms with van der Waals surface area (Å²) in [5.41, 5.74) is 0. The molecule has 2 heterocycles. The third-order valence-corrected chi connectivity index (χ3v) is 4.06. The largest absolute Gasteiger partial charge is 0.486 e. The number of carbonyl (C=O) groups excluding carboxylic acids is 1. The molecule has 1 aliphatic rings. The van der Waals surface area contributed by atoms with Gasteiger partial charge in [-0.1, -0.05) is 12.1 Å². The first-order valence-electron chi connectivity index (χ1n) is 8.65. The van der Waals surface area contributed by atoms with Crippen LogP contribution in [-0.4, -0.2) is 53.1 Å². The number of fused-ring (bicyclic) bond motifs is 1. The van der Waals surface area contributed by atoms with Gasteiger partial charge in [-0.3, -0.25) is 4.68 Å². The number of nitrogens with one attached hydrogen (secondary N) is 1. The van der Waals surface area contributed by atoms with Crippen LogP contribution in [0.25, 0.3) is 0 Å². The van der Waals surface area contributed by atoms with Gasteiger partial charge in [0.15, 0.2) is 17.6 Å². The minimum Gasteiger partial charge on any atom is -0.486 e. The molecule has 1 aromatic carbocycles. The topological polar surface area (TPSA) is 68.6 Å². The first kappa shape index (κ1) is 17.1. The summed E-state index contributed by atoms with van der Waals surface area (Å²) in [7, 11) is 0. The lowest BCUT2D eigenvalue weighted by Crippen LogP contribution is -2.47. The van der Waals surface area contributed by atoms with E-state index in [0.717, 1.165) is 24.5 Å². The van der Waals surface area contributed by atoms with Crippen LogP contribution >= 0.6 is 0 Å². The average molecular weight is 344 g/mol. The van der Waals surface area contributed by atoms with Crippen LogP contribution in [-0.2, 0) is 6.54 Å². The molecule has 0 radical (unpaired) electrons. The molecule has 0 fully saturated rings. The Bertz CT molecular complexity index is 675. The second kappa shape index (κ2) is 8.41. The van der Waals surface area contributed by atoms with Crippen molar-refractivity contribution < 1.29 is 14.3 Å². The molecule has 7 heteroatoms.